The van der Waals surface area contributed by atoms with Gasteiger partial charge in [-0.3, -0.25) is 14.5 Å². The van der Waals surface area contributed by atoms with Gasteiger partial charge in [-0.25, -0.2) is 4.99 Å². The summed E-state index contributed by atoms with van der Waals surface area (Å²) in [5.41, 5.74) is 1.40. The van der Waals surface area contributed by atoms with E-state index in [0.29, 0.717) is 16.5 Å². The molecule has 3 rings (SSSR count). The second-order valence-electron chi connectivity index (χ2n) is 5.71. The Morgan fingerprint density at radius 3 is 2.54 bits per heavy atom. The molecule has 1 aliphatic rings. The molecule has 0 saturated carbocycles. The van der Waals surface area contributed by atoms with E-state index in [1.54, 1.807) is 38.4 Å². The minimum absolute atomic E-state index is 0.135. The lowest BCUT2D eigenvalue weighted by molar-refractivity contribution is -0.128. The summed E-state index contributed by atoms with van der Waals surface area (Å²) in [7, 11) is 3.27. The largest absolute Gasteiger partial charge is 0.497 e. The summed E-state index contributed by atoms with van der Waals surface area (Å²) in [6.07, 6.45) is 0.140. The summed E-state index contributed by atoms with van der Waals surface area (Å²) in [5.74, 6) is 0.393. The van der Waals surface area contributed by atoms with E-state index in [4.69, 9.17) is 4.74 Å². The second kappa shape index (κ2) is 8.05. The number of methoxy groups -OCH3 is 1. The Kier molecular flexibility index (Phi) is 5.58. The molecule has 7 heteroatoms. The highest BCUT2D eigenvalue weighted by molar-refractivity contribution is 8.15. The Hall–Kier alpha value is -2.80. The van der Waals surface area contributed by atoms with Crippen LogP contribution in [0.3, 0.4) is 0 Å². The lowest BCUT2D eigenvalue weighted by atomic mass is 10.2. The van der Waals surface area contributed by atoms with E-state index in [9.17, 15) is 9.59 Å². The number of benzene rings is 2. The van der Waals surface area contributed by atoms with E-state index in [-0.39, 0.29) is 18.2 Å². The molecule has 0 bridgehead atoms. The number of carbonyl (C=O) groups excluding carboxylic acids is 2. The second-order valence-corrected chi connectivity index (χ2v) is 6.88. The molecule has 1 heterocycles. The van der Waals surface area contributed by atoms with Crippen LogP contribution in [0.4, 0.5) is 11.4 Å². The minimum Gasteiger partial charge on any atom is -0.497 e. The quantitative estimate of drug-likeness (QED) is 0.898. The molecule has 26 heavy (non-hydrogen) atoms. The number of anilines is 1. The Morgan fingerprint density at radius 2 is 1.88 bits per heavy atom. The van der Waals surface area contributed by atoms with Crippen molar-refractivity contribution in [1.82, 2.24) is 4.90 Å². The molecule has 0 spiro atoms. The van der Waals surface area contributed by atoms with Crippen molar-refractivity contribution in [3.8, 4) is 5.75 Å². The van der Waals surface area contributed by atoms with E-state index in [2.05, 4.69) is 10.3 Å². The molecule has 0 aromatic heterocycles. The van der Waals surface area contributed by atoms with Gasteiger partial charge < -0.3 is 10.1 Å². The number of rotatable bonds is 4. The van der Waals surface area contributed by atoms with Gasteiger partial charge in [-0.15, -0.1) is 0 Å². The number of nitrogens with zero attached hydrogens (tertiary/aromatic N) is 2. The van der Waals surface area contributed by atoms with Crippen LogP contribution in [0.25, 0.3) is 0 Å². The zero-order valence-corrected chi connectivity index (χ0v) is 15.3. The maximum absolute atomic E-state index is 12.5. The molecule has 1 saturated heterocycles. The Bertz CT molecular complexity index is 822. The standard InChI is InChI=1S/C19H19N3O3S/c1-22-17(23)12-16(18(24)20-13-6-4-3-5-7-13)26-19(22)21-14-8-10-15(25-2)11-9-14/h3-11,16H,12H2,1-2H3,(H,20,24). The van der Waals surface area contributed by atoms with Crippen molar-refractivity contribution in [2.75, 3.05) is 19.5 Å². The Morgan fingerprint density at radius 1 is 1.19 bits per heavy atom. The van der Waals surface area contributed by atoms with Gasteiger partial charge in [0.1, 0.15) is 11.0 Å². The van der Waals surface area contributed by atoms with Gasteiger partial charge in [-0.05, 0) is 36.4 Å². The van der Waals surface area contributed by atoms with Crippen LogP contribution < -0.4 is 10.1 Å². The third-order valence-corrected chi connectivity index (χ3v) is 5.14. The third-order valence-electron chi connectivity index (χ3n) is 3.90. The number of amidine groups is 1. The molecular weight excluding hydrogens is 350 g/mol. The van der Waals surface area contributed by atoms with Crippen LogP contribution in [0.1, 0.15) is 6.42 Å². The molecule has 2 amide bonds. The van der Waals surface area contributed by atoms with Gasteiger partial charge in [0.2, 0.25) is 11.8 Å². The first-order valence-electron chi connectivity index (χ1n) is 8.08. The van der Waals surface area contributed by atoms with Gasteiger partial charge in [0.15, 0.2) is 5.17 Å². The lowest BCUT2D eigenvalue weighted by Crippen LogP contribution is -2.43. The lowest BCUT2D eigenvalue weighted by Gasteiger charge is -2.28. The van der Waals surface area contributed by atoms with Crippen molar-refractivity contribution in [3.05, 3.63) is 54.6 Å². The highest BCUT2D eigenvalue weighted by Crippen LogP contribution is 2.29. The van der Waals surface area contributed by atoms with E-state index in [1.807, 2.05) is 30.3 Å². The van der Waals surface area contributed by atoms with E-state index >= 15 is 0 Å². The van der Waals surface area contributed by atoms with Gasteiger partial charge in [-0.1, -0.05) is 30.0 Å². The minimum atomic E-state index is -0.518. The first-order valence-corrected chi connectivity index (χ1v) is 8.96. The molecule has 1 aliphatic heterocycles. The zero-order chi connectivity index (χ0) is 18.5. The first kappa shape index (κ1) is 18.0. The highest BCUT2D eigenvalue weighted by Gasteiger charge is 2.34. The van der Waals surface area contributed by atoms with Crippen LogP contribution in [0.15, 0.2) is 59.6 Å². The molecule has 1 unspecified atom stereocenters. The van der Waals surface area contributed by atoms with Gasteiger partial charge in [0.25, 0.3) is 0 Å². The molecule has 134 valence electrons. The van der Waals surface area contributed by atoms with Gasteiger partial charge in [0.05, 0.1) is 12.8 Å². The molecule has 2 aromatic rings. The number of hydrogen-bond acceptors (Lipinski definition) is 5. The molecule has 6 nitrogen and oxygen atoms in total. The highest BCUT2D eigenvalue weighted by atomic mass is 32.2. The van der Waals surface area contributed by atoms with E-state index < -0.39 is 5.25 Å². The van der Waals surface area contributed by atoms with Crippen molar-refractivity contribution >= 4 is 40.1 Å². The first-order chi connectivity index (χ1) is 12.6. The normalized spacial score (nSPS) is 18.7. The van der Waals surface area contributed by atoms with Gasteiger partial charge in [-0.2, -0.15) is 0 Å². The average Bonchev–Trinajstić information content (AvgIpc) is 2.66. The summed E-state index contributed by atoms with van der Waals surface area (Å²) >= 11 is 1.29. The SMILES string of the molecule is COc1ccc(N=C2SC(C(=O)Nc3ccccc3)CC(=O)N2C)cc1. The van der Waals surface area contributed by atoms with Crippen LogP contribution in [0, 0.1) is 0 Å². The van der Waals surface area contributed by atoms with E-state index in [1.165, 1.54) is 16.7 Å². The molecular formula is C19H19N3O3S. The zero-order valence-electron chi connectivity index (χ0n) is 14.5. The number of para-hydroxylation sites is 1. The molecule has 0 radical (unpaired) electrons. The molecule has 0 aliphatic carbocycles. The van der Waals surface area contributed by atoms with Crippen molar-refractivity contribution in [2.45, 2.75) is 11.7 Å². The maximum atomic E-state index is 12.5. The van der Waals surface area contributed by atoms with Crippen LogP contribution in [-0.2, 0) is 9.59 Å². The number of amides is 2. The maximum Gasteiger partial charge on any atom is 0.238 e. The fourth-order valence-electron chi connectivity index (χ4n) is 2.41. The predicted octanol–water partition coefficient (Wildman–Crippen LogP) is 3.29. The van der Waals surface area contributed by atoms with Crippen LogP contribution in [-0.4, -0.2) is 41.3 Å². The molecule has 2 aromatic carbocycles. The summed E-state index contributed by atoms with van der Waals surface area (Å²) in [6.45, 7) is 0. The summed E-state index contributed by atoms with van der Waals surface area (Å²) in [6, 6.07) is 16.4. The van der Waals surface area contributed by atoms with Crippen molar-refractivity contribution in [1.29, 1.82) is 0 Å². The number of carbonyl (C=O) groups is 2. The Labute approximate surface area is 156 Å². The van der Waals surface area contributed by atoms with Crippen LogP contribution in [0.2, 0.25) is 0 Å². The van der Waals surface area contributed by atoms with Crippen LogP contribution >= 0.6 is 11.8 Å². The fourth-order valence-corrected chi connectivity index (χ4v) is 3.47. The topological polar surface area (TPSA) is 71.0 Å². The number of aliphatic imine (C=N–C) groups is 1. The summed E-state index contributed by atoms with van der Waals surface area (Å²) in [5, 5.41) is 2.83. The monoisotopic (exact) mass is 369 g/mol. The Balaban J connectivity index is 1.76. The summed E-state index contributed by atoms with van der Waals surface area (Å²) < 4.78 is 5.13. The fraction of sp³-hybridized carbons (Fsp3) is 0.211. The predicted molar refractivity (Wildman–Crippen MR) is 104 cm³/mol. The van der Waals surface area contributed by atoms with Gasteiger partial charge in [0, 0.05) is 19.2 Å². The van der Waals surface area contributed by atoms with E-state index in [0.717, 1.165) is 5.75 Å². The molecule has 1 atom stereocenters. The van der Waals surface area contributed by atoms with Crippen molar-refractivity contribution < 1.29 is 14.3 Å². The van der Waals surface area contributed by atoms with Crippen LogP contribution in [0.5, 0.6) is 5.75 Å². The average molecular weight is 369 g/mol. The third kappa shape index (κ3) is 4.23. The van der Waals surface area contributed by atoms with Gasteiger partial charge >= 0.3 is 0 Å². The molecule has 1 N–H and O–H groups in total. The van der Waals surface area contributed by atoms with Crippen molar-refractivity contribution in [2.24, 2.45) is 4.99 Å². The number of thioether (sulfide) groups is 1. The van der Waals surface area contributed by atoms with Crippen molar-refractivity contribution in [3.63, 3.8) is 0 Å². The number of ether oxygens (including phenoxy) is 1. The number of hydrogen-bond donors (Lipinski definition) is 1. The summed E-state index contributed by atoms with van der Waals surface area (Å²) in [4.78, 5) is 30.8. The smallest absolute Gasteiger partial charge is 0.238 e. The molecule has 1 fully saturated rings. The number of nitrogens with one attached hydrogen (secondary N) is 1.